The van der Waals surface area contributed by atoms with E-state index >= 15 is 0 Å². The zero-order valence-electron chi connectivity index (χ0n) is 17.5. The first kappa shape index (κ1) is 21.2. The van der Waals surface area contributed by atoms with Crippen molar-refractivity contribution in [3.63, 3.8) is 0 Å². The van der Waals surface area contributed by atoms with Gasteiger partial charge < -0.3 is 5.32 Å². The molecule has 3 rings (SSSR count). The number of pyridine rings is 1. The fourth-order valence-electron chi connectivity index (χ4n) is 3.59. The molecule has 0 bridgehead atoms. The average Bonchev–Trinajstić information content (AvgIpc) is 2.69. The molecule has 1 aromatic heterocycles. The topological polar surface area (TPSA) is 94.2 Å². The van der Waals surface area contributed by atoms with Gasteiger partial charge in [0, 0.05) is 29.3 Å². The van der Waals surface area contributed by atoms with Gasteiger partial charge in [-0.1, -0.05) is 45.9 Å². The van der Waals surface area contributed by atoms with E-state index in [0.29, 0.717) is 10.9 Å². The summed E-state index contributed by atoms with van der Waals surface area (Å²) in [7, 11) is 0. The molecule has 7 nitrogen and oxygen atoms in total. The monoisotopic (exact) mass is 407 g/mol. The first-order chi connectivity index (χ1) is 14.2. The highest BCUT2D eigenvalue weighted by Gasteiger charge is 2.17. The van der Waals surface area contributed by atoms with E-state index in [9.17, 15) is 19.7 Å². The van der Waals surface area contributed by atoms with Crippen molar-refractivity contribution in [3.8, 4) is 0 Å². The van der Waals surface area contributed by atoms with Crippen LogP contribution in [0.4, 0.5) is 11.4 Å². The van der Waals surface area contributed by atoms with Crippen molar-refractivity contribution < 1.29 is 9.72 Å². The van der Waals surface area contributed by atoms with Crippen LogP contribution in [0.25, 0.3) is 10.9 Å². The number of hydrogen-bond donors (Lipinski definition) is 1. The lowest BCUT2D eigenvalue weighted by atomic mass is 9.92. The molecule has 1 N–H and O–H groups in total. The van der Waals surface area contributed by atoms with E-state index in [1.165, 1.54) is 34.9 Å². The molecule has 7 heteroatoms. The number of amides is 1. The van der Waals surface area contributed by atoms with Gasteiger partial charge in [-0.25, -0.2) is 0 Å². The Hall–Kier alpha value is -3.48. The standard InChI is InChI=1S/C23H25N3O4/c1-14(2)18-6-5-7-19(15(3)4)23(18)24-21(27)13-25-20-10-9-17(26(29)30)12-16(20)8-11-22(25)28/h5-12,14-15H,13H2,1-4H3,(H,24,27). The predicted molar refractivity (Wildman–Crippen MR) is 118 cm³/mol. The highest BCUT2D eigenvalue weighted by molar-refractivity contribution is 5.93. The van der Waals surface area contributed by atoms with Crippen LogP contribution in [-0.4, -0.2) is 15.4 Å². The highest BCUT2D eigenvalue weighted by Crippen LogP contribution is 2.32. The molecule has 0 fully saturated rings. The van der Waals surface area contributed by atoms with Crippen molar-refractivity contribution in [1.29, 1.82) is 0 Å². The molecule has 0 unspecified atom stereocenters. The van der Waals surface area contributed by atoms with E-state index in [0.717, 1.165) is 16.8 Å². The van der Waals surface area contributed by atoms with Gasteiger partial charge >= 0.3 is 0 Å². The number of carbonyl (C=O) groups excluding carboxylic acids is 1. The number of nitrogens with one attached hydrogen (secondary N) is 1. The quantitative estimate of drug-likeness (QED) is 0.469. The number of aromatic nitrogens is 1. The Labute approximate surface area is 174 Å². The van der Waals surface area contributed by atoms with Gasteiger partial charge in [-0.2, -0.15) is 0 Å². The minimum atomic E-state index is -0.488. The van der Waals surface area contributed by atoms with E-state index in [-0.39, 0.29) is 35.5 Å². The normalized spacial score (nSPS) is 11.3. The summed E-state index contributed by atoms with van der Waals surface area (Å²) in [5.41, 5.74) is 2.93. The van der Waals surface area contributed by atoms with E-state index in [4.69, 9.17) is 0 Å². The van der Waals surface area contributed by atoms with E-state index in [2.05, 4.69) is 33.0 Å². The van der Waals surface area contributed by atoms with Gasteiger partial charge in [0.2, 0.25) is 5.91 Å². The van der Waals surface area contributed by atoms with Crippen LogP contribution in [0.15, 0.2) is 53.3 Å². The maximum absolute atomic E-state index is 12.9. The van der Waals surface area contributed by atoms with Crippen LogP contribution in [0.5, 0.6) is 0 Å². The number of benzene rings is 2. The first-order valence-electron chi connectivity index (χ1n) is 9.89. The molecule has 0 radical (unpaired) electrons. The van der Waals surface area contributed by atoms with Crippen LogP contribution in [0.3, 0.4) is 0 Å². The summed E-state index contributed by atoms with van der Waals surface area (Å²) in [6, 6.07) is 13.1. The molecule has 1 amide bonds. The third kappa shape index (κ3) is 4.25. The van der Waals surface area contributed by atoms with Crippen molar-refractivity contribution in [2.24, 2.45) is 0 Å². The van der Waals surface area contributed by atoms with Gasteiger partial charge in [-0.05, 0) is 35.1 Å². The molecule has 0 aliphatic carbocycles. The van der Waals surface area contributed by atoms with Crippen molar-refractivity contribution in [3.05, 3.63) is 80.1 Å². The van der Waals surface area contributed by atoms with E-state index in [1.54, 1.807) is 0 Å². The van der Waals surface area contributed by atoms with Crippen molar-refractivity contribution in [2.75, 3.05) is 5.32 Å². The van der Waals surface area contributed by atoms with Gasteiger partial charge in [0.1, 0.15) is 6.54 Å². The van der Waals surface area contributed by atoms with Crippen LogP contribution < -0.4 is 10.9 Å². The molecular weight excluding hydrogens is 382 g/mol. The fourth-order valence-corrected chi connectivity index (χ4v) is 3.59. The number of hydrogen-bond acceptors (Lipinski definition) is 4. The SMILES string of the molecule is CC(C)c1cccc(C(C)C)c1NC(=O)Cn1c(=O)ccc2cc([N+](=O)[O-])ccc21. The predicted octanol–water partition coefficient (Wildman–Crippen LogP) is 4.80. The van der Waals surface area contributed by atoms with Gasteiger partial charge in [-0.3, -0.25) is 24.3 Å². The smallest absolute Gasteiger partial charge is 0.270 e. The van der Waals surface area contributed by atoms with Gasteiger partial charge in [0.05, 0.1) is 10.4 Å². The maximum atomic E-state index is 12.9. The third-order valence-electron chi connectivity index (χ3n) is 5.12. The molecular formula is C23H25N3O4. The Morgan fingerprint density at radius 2 is 1.67 bits per heavy atom. The number of fused-ring (bicyclic) bond motifs is 1. The largest absolute Gasteiger partial charge is 0.324 e. The second-order valence-corrected chi connectivity index (χ2v) is 7.93. The van der Waals surface area contributed by atoms with Crippen LogP contribution >= 0.6 is 0 Å². The Kier molecular flexibility index (Phi) is 6.01. The van der Waals surface area contributed by atoms with Gasteiger partial charge in [0.15, 0.2) is 0 Å². The summed E-state index contributed by atoms with van der Waals surface area (Å²) in [5.74, 6) is 0.123. The number of nitro benzene ring substituents is 1. The summed E-state index contributed by atoms with van der Waals surface area (Å²) in [6.07, 6.45) is 0. The van der Waals surface area contributed by atoms with Gasteiger partial charge in [0.25, 0.3) is 11.2 Å². The van der Waals surface area contributed by atoms with E-state index < -0.39 is 4.92 Å². The van der Waals surface area contributed by atoms with Crippen molar-refractivity contribution >= 4 is 28.2 Å². The van der Waals surface area contributed by atoms with Crippen molar-refractivity contribution in [1.82, 2.24) is 4.57 Å². The molecule has 0 aliphatic heterocycles. The Morgan fingerprint density at radius 3 is 2.23 bits per heavy atom. The summed E-state index contributed by atoms with van der Waals surface area (Å²) in [5, 5.41) is 14.6. The molecule has 0 saturated heterocycles. The van der Waals surface area contributed by atoms with Crippen LogP contribution in [0.1, 0.15) is 50.7 Å². The summed E-state index contributed by atoms with van der Waals surface area (Å²) in [6.45, 7) is 8.08. The number of rotatable bonds is 6. The lowest BCUT2D eigenvalue weighted by Gasteiger charge is -2.20. The molecule has 0 aliphatic rings. The average molecular weight is 407 g/mol. The molecule has 3 aromatic rings. The fraction of sp³-hybridized carbons (Fsp3) is 0.304. The van der Waals surface area contributed by atoms with E-state index in [1.807, 2.05) is 18.2 Å². The number of anilines is 1. The second-order valence-electron chi connectivity index (χ2n) is 7.93. The molecule has 0 atom stereocenters. The molecule has 2 aromatic carbocycles. The zero-order chi connectivity index (χ0) is 22.0. The molecule has 156 valence electrons. The number of non-ortho nitro benzene ring substituents is 1. The third-order valence-corrected chi connectivity index (χ3v) is 5.12. The minimum absolute atomic E-state index is 0.0652. The molecule has 30 heavy (non-hydrogen) atoms. The first-order valence-corrected chi connectivity index (χ1v) is 9.89. The number of para-hydroxylation sites is 1. The minimum Gasteiger partial charge on any atom is -0.324 e. The zero-order valence-corrected chi connectivity index (χ0v) is 17.5. The molecule has 1 heterocycles. The molecule has 0 saturated carbocycles. The maximum Gasteiger partial charge on any atom is 0.270 e. The number of nitro groups is 1. The summed E-state index contributed by atoms with van der Waals surface area (Å²) >= 11 is 0. The Morgan fingerprint density at radius 1 is 1.03 bits per heavy atom. The summed E-state index contributed by atoms with van der Waals surface area (Å²) in [4.78, 5) is 35.9. The highest BCUT2D eigenvalue weighted by atomic mass is 16.6. The Bertz CT molecular complexity index is 1150. The lowest BCUT2D eigenvalue weighted by molar-refractivity contribution is -0.384. The number of carbonyl (C=O) groups is 1. The van der Waals surface area contributed by atoms with Crippen molar-refractivity contribution in [2.45, 2.75) is 46.1 Å². The Balaban J connectivity index is 1.98. The lowest BCUT2D eigenvalue weighted by Crippen LogP contribution is -2.28. The van der Waals surface area contributed by atoms with Gasteiger partial charge in [-0.15, -0.1) is 0 Å². The molecule has 0 spiro atoms. The summed E-state index contributed by atoms with van der Waals surface area (Å²) < 4.78 is 1.33. The van der Waals surface area contributed by atoms with Crippen LogP contribution in [0, 0.1) is 10.1 Å². The number of nitrogens with zero attached hydrogens (tertiary/aromatic N) is 2. The van der Waals surface area contributed by atoms with Crippen LogP contribution in [0.2, 0.25) is 0 Å². The second kappa shape index (κ2) is 8.49. The van der Waals surface area contributed by atoms with Crippen LogP contribution in [-0.2, 0) is 11.3 Å².